The molecule has 1 aliphatic carbocycles. The molecule has 0 aliphatic heterocycles. The molecule has 1 aromatic rings. The van der Waals surface area contributed by atoms with Crippen LogP contribution in [0.4, 0.5) is 0 Å². The highest BCUT2D eigenvalue weighted by atomic mass is 16.5. The highest BCUT2D eigenvalue weighted by Gasteiger charge is 2.23. The second-order valence-corrected chi connectivity index (χ2v) is 3.64. The van der Waals surface area contributed by atoms with E-state index >= 15 is 0 Å². The molecule has 0 amide bonds. The van der Waals surface area contributed by atoms with Gasteiger partial charge in [-0.2, -0.15) is 0 Å². The minimum atomic E-state index is 0.692. The highest BCUT2D eigenvalue weighted by Crippen LogP contribution is 2.41. The van der Waals surface area contributed by atoms with Crippen LogP contribution in [0.25, 0.3) is 0 Å². The van der Waals surface area contributed by atoms with E-state index in [1.165, 1.54) is 18.4 Å². The Morgan fingerprint density at radius 2 is 2.29 bits per heavy atom. The average Bonchev–Trinajstić information content (AvgIpc) is 3.02. The van der Waals surface area contributed by atoms with Gasteiger partial charge in [0.25, 0.3) is 0 Å². The summed E-state index contributed by atoms with van der Waals surface area (Å²) in [4.78, 5) is 0. The van der Waals surface area contributed by atoms with Crippen LogP contribution in [-0.4, -0.2) is 6.61 Å². The summed E-state index contributed by atoms with van der Waals surface area (Å²) in [7, 11) is 0. The molecular formula is C13H15O. The van der Waals surface area contributed by atoms with E-state index in [1.54, 1.807) is 0 Å². The molecule has 1 aliphatic rings. The zero-order valence-electron chi connectivity index (χ0n) is 8.55. The van der Waals surface area contributed by atoms with Gasteiger partial charge in [-0.05, 0) is 49.5 Å². The largest absolute Gasteiger partial charge is 0.493 e. The monoisotopic (exact) mass is 187 g/mol. The quantitative estimate of drug-likeness (QED) is 0.702. The Balaban J connectivity index is 2.28. The maximum Gasteiger partial charge on any atom is 0.127 e. The van der Waals surface area contributed by atoms with Crippen LogP contribution in [0.15, 0.2) is 24.8 Å². The van der Waals surface area contributed by atoms with Crippen molar-refractivity contribution in [1.29, 1.82) is 0 Å². The lowest BCUT2D eigenvalue weighted by Gasteiger charge is -2.08. The van der Waals surface area contributed by atoms with Gasteiger partial charge in [0.15, 0.2) is 0 Å². The minimum absolute atomic E-state index is 0.692. The maximum atomic E-state index is 5.48. The molecule has 0 aromatic heterocycles. The molecule has 1 fully saturated rings. The first-order valence-electron chi connectivity index (χ1n) is 5.15. The predicted molar refractivity (Wildman–Crippen MR) is 57.6 cm³/mol. The Bertz CT molecular complexity index is 337. The molecule has 0 spiro atoms. The summed E-state index contributed by atoms with van der Waals surface area (Å²) in [6.45, 7) is 6.37. The average molecular weight is 187 g/mol. The van der Waals surface area contributed by atoms with Crippen LogP contribution >= 0.6 is 0 Å². The van der Waals surface area contributed by atoms with E-state index < -0.39 is 0 Å². The van der Waals surface area contributed by atoms with Crippen LogP contribution in [0.1, 0.15) is 36.8 Å². The molecule has 0 N–H and O–H groups in total. The third-order valence-corrected chi connectivity index (χ3v) is 2.54. The van der Waals surface area contributed by atoms with Crippen molar-refractivity contribution in [3.05, 3.63) is 42.0 Å². The summed E-state index contributed by atoms with van der Waals surface area (Å²) in [6, 6.07) is 6.34. The molecule has 2 rings (SSSR count). The highest BCUT2D eigenvalue weighted by molar-refractivity contribution is 5.42. The summed E-state index contributed by atoms with van der Waals surface area (Å²) in [6.07, 6.45) is 5.58. The van der Waals surface area contributed by atoms with Crippen LogP contribution in [-0.2, 0) is 0 Å². The van der Waals surface area contributed by atoms with E-state index in [4.69, 9.17) is 4.74 Å². The van der Waals surface area contributed by atoms with E-state index in [0.29, 0.717) is 6.61 Å². The van der Waals surface area contributed by atoms with Crippen LogP contribution in [0.5, 0.6) is 5.75 Å². The summed E-state index contributed by atoms with van der Waals surface area (Å²) in [5.74, 6) is 1.67. The zero-order valence-corrected chi connectivity index (χ0v) is 8.55. The first kappa shape index (κ1) is 9.32. The third kappa shape index (κ3) is 1.82. The van der Waals surface area contributed by atoms with Crippen molar-refractivity contribution in [1.82, 2.24) is 0 Å². The lowest BCUT2D eigenvalue weighted by Crippen LogP contribution is -1.95. The summed E-state index contributed by atoms with van der Waals surface area (Å²) in [5.41, 5.74) is 2.40. The second kappa shape index (κ2) is 3.87. The Morgan fingerprint density at radius 1 is 1.50 bits per heavy atom. The Labute approximate surface area is 85.4 Å². The fourth-order valence-electron chi connectivity index (χ4n) is 1.64. The van der Waals surface area contributed by atoms with Gasteiger partial charge in [0.2, 0.25) is 0 Å². The van der Waals surface area contributed by atoms with Crippen LogP contribution in [0.3, 0.4) is 0 Å². The van der Waals surface area contributed by atoms with Gasteiger partial charge in [-0.3, -0.25) is 0 Å². The molecule has 0 atom stereocenters. The number of benzene rings is 1. The topological polar surface area (TPSA) is 9.23 Å². The van der Waals surface area contributed by atoms with Crippen molar-refractivity contribution < 1.29 is 4.74 Å². The minimum Gasteiger partial charge on any atom is -0.493 e. The van der Waals surface area contributed by atoms with Crippen molar-refractivity contribution in [3.8, 4) is 5.75 Å². The Morgan fingerprint density at radius 3 is 2.86 bits per heavy atom. The molecule has 0 saturated heterocycles. The van der Waals surface area contributed by atoms with E-state index in [9.17, 15) is 0 Å². The molecule has 1 saturated carbocycles. The second-order valence-electron chi connectivity index (χ2n) is 3.64. The number of ether oxygens (including phenoxy) is 1. The first-order valence-corrected chi connectivity index (χ1v) is 5.15. The van der Waals surface area contributed by atoms with E-state index in [2.05, 4.69) is 24.8 Å². The number of hydrogen-bond acceptors (Lipinski definition) is 1. The summed E-state index contributed by atoms with van der Waals surface area (Å²) < 4.78 is 5.48. The van der Waals surface area contributed by atoms with Gasteiger partial charge < -0.3 is 4.74 Å². The van der Waals surface area contributed by atoms with Crippen molar-refractivity contribution in [2.24, 2.45) is 0 Å². The maximum absolute atomic E-state index is 5.48. The van der Waals surface area contributed by atoms with Gasteiger partial charge in [-0.25, -0.2) is 0 Å². The van der Waals surface area contributed by atoms with Crippen molar-refractivity contribution >= 4 is 0 Å². The van der Waals surface area contributed by atoms with Gasteiger partial charge in [0.05, 0.1) is 6.61 Å². The van der Waals surface area contributed by atoms with E-state index in [-0.39, 0.29) is 0 Å². The molecule has 0 heterocycles. The van der Waals surface area contributed by atoms with Gasteiger partial charge in [-0.1, -0.05) is 12.6 Å². The van der Waals surface area contributed by atoms with Crippen LogP contribution < -0.4 is 4.74 Å². The molecule has 1 nitrogen and oxygen atoms in total. The lowest BCUT2D eigenvalue weighted by atomic mass is 10.1. The fourth-order valence-corrected chi connectivity index (χ4v) is 1.64. The summed E-state index contributed by atoms with van der Waals surface area (Å²) >= 11 is 0. The lowest BCUT2D eigenvalue weighted by molar-refractivity contribution is 0.338. The third-order valence-electron chi connectivity index (χ3n) is 2.54. The molecule has 1 aromatic carbocycles. The smallest absolute Gasteiger partial charge is 0.127 e. The van der Waals surface area contributed by atoms with Crippen molar-refractivity contribution in [3.63, 3.8) is 0 Å². The molecule has 14 heavy (non-hydrogen) atoms. The molecule has 0 bridgehead atoms. The van der Waals surface area contributed by atoms with E-state index in [0.717, 1.165) is 17.2 Å². The molecule has 0 unspecified atom stereocenters. The molecule has 73 valence electrons. The number of hydrogen-bond donors (Lipinski definition) is 0. The Hall–Kier alpha value is -1.24. The van der Waals surface area contributed by atoms with Crippen LogP contribution in [0.2, 0.25) is 0 Å². The van der Waals surface area contributed by atoms with Crippen molar-refractivity contribution in [2.75, 3.05) is 6.61 Å². The predicted octanol–water partition coefficient (Wildman–Crippen LogP) is 3.30. The number of rotatable bonds is 4. The van der Waals surface area contributed by atoms with Gasteiger partial charge in [0.1, 0.15) is 5.75 Å². The molecule has 1 radical (unpaired) electrons. The van der Waals surface area contributed by atoms with Gasteiger partial charge in [0, 0.05) is 5.56 Å². The normalized spacial score (nSPS) is 15.2. The van der Waals surface area contributed by atoms with Gasteiger partial charge >= 0.3 is 0 Å². The van der Waals surface area contributed by atoms with Crippen LogP contribution in [0, 0.1) is 6.08 Å². The first-order chi connectivity index (χ1) is 6.85. The van der Waals surface area contributed by atoms with Crippen molar-refractivity contribution in [2.45, 2.75) is 25.7 Å². The molecule has 1 heteroatoms. The standard InChI is InChI=1S/C13H15O/c1-3-10-9-12(11-5-6-11)7-8-13(10)14-4-2/h7-9,11H,1,4-6H2,2H3. The summed E-state index contributed by atoms with van der Waals surface area (Å²) in [5, 5.41) is 0. The van der Waals surface area contributed by atoms with E-state index in [1.807, 2.05) is 13.0 Å². The SMILES string of the molecule is C=[C]c1cc(C2CC2)ccc1OCC. The molecular weight excluding hydrogens is 172 g/mol. The zero-order chi connectivity index (χ0) is 9.97. The van der Waals surface area contributed by atoms with Gasteiger partial charge in [-0.15, -0.1) is 0 Å². The Kier molecular flexibility index (Phi) is 2.58. The fraction of sp³-hybridized carbons (Fsp3) is 0.385.